The van der Waals surface area contributed by atoms with Gasteiger partial charge in [0.1, 0.15) is 5.69 Å². The van der Waals surface area contributed by atoms with E-state index in [9.17, 15) is 4.79 Å². The van der Waals surface area contributed by atoms with Gasteiger partial charge in [0.2, 0.25) is 0 Å². The zero-order chi connectivity index (χ0) is 10.8. The van der Waals surface area contributed by atoms with E-state index in [4.69, 9.17) is 11.6 Å². The predicted octanol–water partition coefficient (Wildman–Crippen LogP) is 1.15. The Morgan fingerprint density at radius 1 is 1.44 bits per heavy atom. The second-order valence-electron chi connectivity index (χ2n) is 3.70. The maximum atomic E-state index is 12.1. The summed E-state index contributed by atoms with van der Waals surface area (Å²) in [5.74, 6) is 0.0610. The molecule has 1 aliphatic rings. The molecule has 1 fully saturated rings. The highest BCUT2D eigenvalue weighted by Crippen LogP contribution is 2.14. The summed E-state index contributed by atoms with van der Waals surface area (Å²) in [6, 6.07) is 1.71. The molecule has 0 unspecified atom stereocenters. The molecule has 1 saturated heterocycles. The number of aryl methyl sites for hydroxylation is 1. The van der Waals surface area contributed by atoms with Crippen LogP contribution in [0, 0.1) is 0 Å². The van der Waals surface area contributed by atoms with Crippen LogP contribution < -0.4 is 5.32 Å². The predicted molar refractivity (Wildman–Crippen MR) is 66.4 cm³/mol. The van der Waals surface area contributed by atoms with Gasteiger partial charge in [-0.05, 0) is 6.07 Å². The number of piperazine rings is 1. The number of hydrogen-bond acceptors (Lipinski definition) is 2. The summed E-state index contributed by atoms with van der Waals surface area (Å²) in [6.07, 6.45) is 1.75. The zero-order valence-electron chi connectivity index (χ0n) is 9.07. The third kappa shape index (κ3) is 2.70. The Bertz CT molecular complexity index is 372. The molecule has 1 amide bonds. The number of rotatable bonds is 1. The number of nitrogens with zero attached hydrogens (tertiary/aromatic N) is 2. The smallest absolute Gasteiger partial charge is 0.270 e. The normalized spacial score (nSPS) is 15.8. The van der Waals surface area contributed by atoms with Crippen LogP contribution >= 0.6 is 24.0 Å². The van der Waals surface area contributed by atoms with Gasteiger partial charge in [-0.1, -0.05) is 11.6 Å². The van der Waals surface area contributed by atoms with E-state index in [2.05, 4.69) is 5.32 Å². The lowest BCUT2D eigenvalue weighted by Crippen LogP contribution is -2.46. The van der Waals surface area contributed by atoms with Gasteiger partial charge in [-0.2, -0.15) is 0 Å². The highest BCUT2D eigenvalue weighted by Gasteiger charge is 2.20. The first kappa shape index (κ1) is 13.4. The van der Waals surface area contributed by atoms with Gasteiger partial charge in [0.05, 0.1) is 5.02 Å². The molecule has 0 radical (unpaired) electrons. The average molecular weight is 264 g/mol. The molecule has 0 saturated carbocycles. The van der Waals surface area contributed by atoms with Crippen LogP contribution in [-0.4, -0.2) is 41.6 Å². The van der Waals surface area contributed by atoms with Crippen molar-refractivity contribution in [3.05, 3.63) is 23.0 Å². The SMILES string of the molecule is Cl.Cn1cc(Cl)cc1C(=O)N1CCNCC1. The first-order valence-corrected chi connectivity index (χ1v) is 5.38. The van der Waals surface area contributed by atoms with Crippen LogP contribution in [0.4, 0.5) is 0 Å². The molecule has 1 aromatic heterocycles. The van der Waals surface area contributed by atoms with Crippen LogP contribution in [-0.2, 0) is 7.05 Å². The fourth-order valence-electron chi connectivity index (χ4n) is 1.77. The van der Waals surface area contributed by atoms with Gasteiger partial charge in [-0.3, -0.25) is 4.79 Å². The lowest BCUT2D eigenvalue weighted by atomic mass is 10.3. The monoisotopic (exact) mass is 263 g/mol. The van der Waals surface area contributed by atoms with E-state index in [0.717, 1.165) is 26.2 Å². The van der Waals surface area contributed by atoms with Crippen molar-refractivity contribution in [3.63, 3.8) is 0 Å². The van der Waals surface area contributed by atoms with Gasteiger partial charge < -0.3 is 14.8 Å². The first-order valence-electron chi connectivity index (χ1n) is 5.00. The summed E-state index contributed by atoms with van der Waals surface area (Å²) in [4.78, 5) is 13.9. The fourth-order valence-corrected chi connectivity index (χ4v) is 2.02. The fraction of sp³-hybridized carbons (Fsp3) is 0.500. The van der Waals surface area contributed by atoms with Crippen molar-refractivity contribution < 1.29 is 4.79 Å². The lowest BCUT2D eigenvalue weighted by Gasteiger charge is -2.27. The highest BCUT2D eigenvalue weighted by atomic mass is 35.5. The second kappa shape index (κ2) is 5.57. The standard InChI is InChI=1S/C10H14ClN3O.ClH/c1-13-7-8(11)6-9(13)10(15)14-4-2-12-3-5-14;/h6-7,12H,2-5H2,1H3;1H. The molecule has 0 bridgehead atoms. The van der Waals surface area contributed by atoms with Crippen molar-refractivity contribution in [1.29, 1.82) is 0 Å². The van der Waals surface area contributed by atoms with Crippen molar-refractivity contribution in [2.45, 2.75) is 0 Å². The number of aromatic nitrogens is 1. The molecule has 0 atom stereocenters. The van der Waals surface area contributed by atoms with Crippen LogP contribution in [0.15, 0.2) is 12.3 Å². The Morgan fingerprint density at radius 2 is 2.06 bits per heavy atom. The van der Waals surface area contributed by atoms with Gasteiger partial charge in [-0.25, -0.2) is 0 Å². The highest BCUT2D eigenvalue weighted by molar-refractivity contribution is 6.31. The average Bonchev–Trinajstić information content (AvgIpc) is 2.58. The van der Waals surface area contributed by atoms with Gasteiger partial charge >= 0.3 is 0 Å². The van der Waals surface area contributed by atoms with Crippen molar-refractivity contribution in [3.8, 4) is 0 Å². The number of carbonyl (C=O) groups excluding carboxylic acids is 1. The molecule has 6 heteroatoms. The molecule has 4 nitrogen and oxygen atoms in total. The summed E-state index contributed by atoms with van der Waals surface area (Å²) in [7, 11) is 1.83. The summed E-state index contributed by atoms with van der Waals surface area (Å²) in [6.45, 7) is 3.26. The van der Waals surface area contributed by atoms with E-state index in [1.165, 1.54) is 0 Å². The summed E-state index contributed by atoms with van der Waals surface area (Å²) >= 11 is 5.84. The van der Waals surface area contributed by atoms with E-state index >= 15 is 0 Å². The third-order valence-corrected chi connectivity index (χ3v) is 2.80. The molecular weight excluding hydrogens is 249 g/mol. The minimum atomic E-state index is 0. The van der Waals surface area contributed by atoms with Crippen LogP contribution in [0.2, 0.25) is 5.02 Å². The topological polar surface area (TPSA) is 37.3 Å². The van der Waals surface area contributed by atoms with Crippen molar-refractivity contribution >= 4 is 29.9 Å². The van der Waals surface area contributed by atoms with E-state index in [0.29, 0.717) is 10.7 Å². The van der Waals surface area contributed by atoms with Crippen molar-refractivity contribution in [2.75, 3.05) is 26.2 Å². The number of nitrogens with one attached hydrogen (secondary N) is 1. The Kier molecular flexibility index (Phi) is 4.65. The zero-order valence-corrected chi connectivity index (χ0v) is 10.6. The molecule has 0 aromatic carbocycles. The molecule has 0 spiro atoms. The van der Waals surface area contributed by atoms with Gasteiger partial charge in [0, 0.05) is 39.4 Å². The van der Waals surface area contributed by atoms with E-state index in [1.807, 2.05) is 11.9 Å². The summed E-state index contributed by atoms with van der Waals surface area (Å²) < 4.78 is 1.77. The molecule has 2 rings (SSSR count). The minimum absolute atomic E-state index is 0. The van der Waals surface area contributed by atoms with Crippen LogP contribution in [0.5, 0.6) is 0 Å². The Balaban J connectivity index is 0.00000128. The van der Waals surface area contributed by atoms with E-state index in [1.54, 1.807) is 16.8 Å². The number of carbonyl (C=O) groups is 1. The Labute approximate surface area is 106 Å². The molecular formula is C10H15Cl2N3O. The van der Waals surface area contributed by atoms with Crippen LogP contribution in [0.1, 0.15) is 10.5 Å². The largest absolute Gasteiger partial charge is 0.345 e. The minimum Gasteiger partial charge on any atom is -0.345 e. The Morgan fingerprint density at radius 3 is 2.56 bits per heavy atom. The summed E-state index contributed by atoms with van der Waals surface area (Å²) in [5, 5.41) is 3.82. The maximum absolute atomic E-state index is 12.1. The first-order chi connectivity index (χ1) is 7.18. The maximum Gasteiger partial charge on any atom is 0.270 e. The molecule has 1 N–H and O–H groups in total. The van der Waals surface area contributed by atoms with E-state index < -0.39 is 0 Å². The number of halogens is 2. The molecule has 0 aliphatic carbocycles. The van der Waals surface area contributed by atoms with Crippen molar-refractivity contribution in [1.82, 2.24) is 14.8 Å². The van der Waals surface area contributed by atoms with Crippen LogP contribution in [0.3, 0.4) is 0 Å². The van der Waals surface area contributed by atoms with E-state index in [-0.39, 0.29) is 18.3 Å². The van der Waals surface area contributed by atoms with Gasteiger partial charge in [0.15, 0.2) is 0 Å². The van der Waals surface area contributed by atoms with Gasteiger partial charge in [-0.15, -0.1) is 12.4 Å². The van der Waals surface area contributed by atoms with Crippen molar-refractivity contribution in [2.24, 2.45) is 7.05 Å². The molecule has 1 aliphatic heterocycles. The van der Waals surface area contributed by atoms with Gasteiger partial charge in [0.25, 0.3) is 5.91 Å². The second-order valence-corrected chi connectivity index (χ2v) is 4.13. The van der Waals surface area contributed by atoms with Crippen LogP contribution in [0.25, 0.3) is 0 Å². The molecule has 1 aromatic rings. The third-order valence-electron chi connectivity index (χ3n) is 2.59. The Hall–Kier alpha value is -0.710. The summed E-state index contributed by atoms with van der Waals surface area (Å²) in [5.41, 5.74) is 0.655. The molecule has 2 heterocycles. The number of hydrogen-bond donors (Lipinski definition) is 1. The quantitative estimate of drug-likeness (QED) is 0.826. The molecule has 16 heavy (non-hydrogen) atoms. The number of amides is 1. The molecule has 90 valence electrons. The lowest BCUT2D eigenvalue weighted by molar-refractivity contribution is 0.0726.